The van der Waals surface area contributed by atoms with Gasteiger partial charge in [-0.15, -0.1) is 10.2 Å². The van der Waals surface area contributed by atoms with Crippen LogP contribution in [0.2, 0.25) is 5.22 Å². The highest BCUT2D eigenvalue weighted by Crippen LogP contribution is 2.23. The highest BCUT2D eigenvalue weighted by atomic mass is 35.5. The second-order valence-corrected chi connectivity index (χ2v) is 3.76. The fraction of sp³-hybridized carbons (Fsp3) is 0. The quantitative estimate of drug-likeness (QED) is 0.660. The maximum atomic E-state index is 8.85. The van der Waals surface area contributed by atoms with Gasteiger partial charge in [0.2, 0.25) is 5.82 Å². The summed E-state index contributed by atoms with van der Waals surface area (Å²) in [5.41, 5.74) is 1.17. The summed E-state index contributed by atoms with van der Waals surface area (Å²) in [6.07, 6.45) is 1.65. The molecule has 0 atom stereocenters. The van der Waals surface area contributed by atoms with Crippen molar-refractivity contribution >= 4 is 17.2 Å². The van der Waals surface area contributed by atoms with Crippen LogP contribution in [-0.2, 0) is 0 Å². The van der Waals surface area contributed by atoms with Crippen LogP contribution in [0.4, 0.5) is 0 Å². The van der Waals surface area contributed by atoms with E-state index in [2.05, 4.69) is 16.3 Å². The van der Waals surface area contributed by atoms with Crippen LogP contribution in [0.15, 0.2) is 34.9 Å². The Balaban J connectivity index is 2.27. The minimum Gasteiger partial charge on any atom is -0.441 e. The summed E-state index contributed by atoms with van der Waals surface area (Å²) in [6, 6.07) is 8.80. The number of pyridine rings is 1. The van der Waals surface area contributed by atoms with Crippen LogP contribution in [0.5, 0.6) is 0 Å². The molecule has 0 N–H and O–H groups in total. The summed E-state index contributed by atoms with van der Waals surface area (Å²) >= 11 is 5.71. The van der Waals surface area contributed by atoms with E-state index in [1.807, 2.05) is 0 Å². The molecule has 3 heterocycles. The minimum absolute atomic E-state index is 0.285. The number of rotatable bonds is 1. The smallest absolute Gasteiger partial charge is 0.204 e. The van der Waals surface area contributed by atoms with E-state index in [1.165, 1.54) is 0 Å². The molecule has 0 radical (unpaired) electrons. The molecule has 0 aliphatic heterocycles. The van der Waals surface area contributed by atoms with Crippen molar-refractivity contribution in [2.24, 2.45) is 0 Å². The van der Waals surface area contributed by atoms with Gasteiger partial charge in [0.25, 0.3) is 0 Å². The van der Waals surface area contributed by atoms with Gasteiger partial charge in [-0.25, -0.2) is 0 Å². The molecule has 6 heteroatoms. The lowest BCUT2D eigenvalue weighted by atomic mass is 10.3. The van der Waals surface area contributed by atoms with Gasteiger partial charge in [0, 0.05) is 6.20 Å². The summed E-state index contributed by atoms with van der Waals surface area (Å²) in [6.45, 7) is 0. The summed E-state index contributed by atoms with van der Waals surface area (Å²) in [5.74, 6) is 1.03. The van der Waals surface area contributed by atoms with E-state index in [4.69, 9.17) is 21.3 Å². The zero-order valence-corrected chi connectivity index (χ0v) is 9.22. The number of hydrogen-bond acceptors (Lipinski definition) is 4. The second kappa shape index (κ2) is 3.61. The van der Waals surface area contributed by atoms with Gasteiger partial charge in [0.15, 0.2) is 16.6 Å². The second-order valence-electron chi connectivity index (χ2n) is 3.39. The number of nitrogens with zero attached hydrogens (tertiary/aromatic N) is 4. The number of fused-ring (bicyclic) bond motifs is 1. The van der Waals surface area contributed by atoms with Gasteiger partial charge in [0.05, 0.1) is 5.56 Å². The maximum Gasteiger partial charge on any atom is 0.204 e. The molecule has 5 nitrogen and oxygen atoms in total. The van der Waals surface area contributed by atoms with E-state index in [0.29, 0.717) is 22.8 Å². The lowest BCUT2D eigenvalue weighted by Crippen LogP contribution is -1.89. The van der Waals surface area contributed by atoms with Gasteiger partial charge in [0.1, 0.15) is 6.07 Å². The number of halogens is 1. The molecule has 0 aliphatic rings. The first-order chi connectivity index (χ1) is 8.28. The monoisotopic (exact) mass is 244 g/mol. The van der Waals surface area contributed by atoms with Crippen molar-refractivity contribution in [1.82, 2.24) is 14.6 Å². The van der Waals surface area contributed by atoms with Crippen LogP contribution < -0.4 is 0 Å². The van der Waals surface area contributed by atoms with Crippen molar-refractivity contribution in [3.63, 3.8) is 0 Å². The zero-order chi connectivity index (χ0) is 11.8. The van der Waals surface area contributed by atoms with E-state index in [9.17, 15) is 0 Å². The van der Waals surface area contributed by atoms with Gasteiger partial charge in [-0.2, -0.15) is 5.26 Å². The molecule has 0 aromatic carbocycles. The van der Waals surface area contributed by atoms with E-state index >= 15 is 0 Å². The summed E-state index contributed by atoms with van der Waals surface area (Å²) in [5, 5.41) is 17.1. The Morgan fingerprint density at radius 1 is 1.24 bits per heavy atom. The first kappa shape index (κ1) is 9.87. The SMILES string of the molecule is N#Cc1ccc2nnc(-c3ccc(Cl)o3)n2c1. The molecular weight excluding hydrogens is 240 g/mol. The maximum absolute atomic E-state index is 8.85. The van der Waals surface area contributed by atoms with Crippen molar-refractivity contribution in [1.29, 1.82) is 5.26 Å². The van der Waals surface area contributed by atoms with Crippen LogP contribution >= 0.6 is 11.6 Å². The van der Waals surface area contributed by atoms with Gasteiger partial charge in [-0.05, 0) is 35.9 Å². The van der Waals surface area contributed by atoms with E-state index < -0.39 is 0 Å². The van der Waals surface area contributed by atoms with Crippen LogP contribution in [0.1, 0.15) is 5.56 Å². The molecule has 0 saturated carbocycles. The van der Waals surface area contributed by atoms with E-state index in [-0.39, 0.29) is 5.22 Å². The van der Waals surface area contributed by atoms with Gasteiger partial charge in [-0.3, -0.25) is 4.40 Å². The predicted octanol–water partition coefficient (Wildman–Crippen LogP) is 2.51. The van der Waals surface area contributed by atoms with Crippen molar-refractivity contribution in [3.8, 4) is 17.7 Å². The molecule has 82 valence electrons. The van der Waals surface area contributed by atoms with Gasteiger partial charge >= 0.3 is 0 Å². The first-order valence-corrected chi connectivity index (χ1v) is 5.16. The van der Waals surface area contributed by atoms with Crippen molar-refractivity contribution in [2.45, 2.75) is 0 Å². The molecule has 0 saturated heterocycles. The van der Waals surface area contributed by atoms with Crippen molar-refractivity contribution in [3.05, 3.63) is 41.2 Å². The van der Waals surface area contributed by atoms with E-state index in [1.54, 1.807) is 34.9 Å². The number of nitriles is 1. The lowest BCUT2D eigenvalue weighted by molar-refractivity contribution is 0.578. The third-order valence-electron chi connectivity index (χ3n) is 2.33. The predicted molar refractivity (Wildman–Crippen MR) is 60.4 cm³/mol. The van der Waals surface area contributed by atoms with Crippen molar-refractivity contribution in [2.75, 3.05) is 0 Å². The summed E-state index contributed by atoms with van der Waals surface area (Å²) in [7, 11) is 0. The fourth-order valence-electron chi connectivity index (χ4n) is 1.56. The lowest BCUT2D eigenvalue weighted by Gasteiger charge is -1.96. The molecule has 0 bridgehead atoms. The third-order valence-corrected chi connectivity index (χ3v) is 2.53. The van der Waals surface area contributed by atoms with Crippen LogP contribution in [0.25, 0.3) is 17.2 Å². The molecular formula is C11H5ClN4O. The number of aromatic nitrogens is 3. The highest BCUT2D eigenvalue weighted by molar-refractivity contribution is 6.28. The molecule has 3 rings (SSSR count). The first-order valence-electron chi connectivity index (χ1n) is 4.78. The molecule has 0 spiro atoms. The average Bonchev–Trinajstić information content (AvgIpc) is 2.93. The molecule has 3 aromatic heterocycles. The minimum atomic E-state index is 0.285. The average molecular weight is 245 g/mol. The third kappa shape index (κ3) is 1.55. The highest BCUT2D eigenvalue weighted by Gasteiger charge is 2.11. The Kier molecular flexibility index (Phi) is 2.10. The van der Waals surface area contributed by atoms with Gasteiger partial charge in [-0.1, -0.05) is 0 Å². The Labute approximate surface area is 101 Å². The fourth-order valence-corrected chi connectivity index (χ4v) is 1.71. The zero-order valence-electron chi connectivity index (χ0n) is 8.46. The Morgan fingerprint density at radius 3 is 2.82 bits per heavy atom. The van der Waals surface area contributed by atoms with Crippen LogP contribution in [0.3, 0.4) is 0 Å². The van der Waals surface area contributed by atoms with Crippen LogP contribution in [0, 0.1) is 11.3 Å². The largest absolute Gasteiger partial charge is 0.441 e. The molecule has 0 amide bonds. The summed E-state index contributed by atoms with van der Waals surface area (Å²) < 4.78 is 6.96. The molecule has 0 unspecified atom stereocenters. The molecule has 0 fully saturated rings. The topological polar surface area (TPSA) is 67.1 Å². The number of furan rings is 1. The standard InChI is InChI=1S/C11H5ClN4O/c12-9-3-2-8(17-9)11-15-14-10-4-1-7(5-13)6-16(10)11/h1-4,6H. The van der Waals surface area contributed by atoms with E-state index in [0.717, 1.165) is 0 Å². The molecule has 3 aromatic rings. The normalized spacial score (nSPS) is 10.6. The Bertz CT molecular complexity index is 737. The van der Waals surface area contributed by atoms with Crippen molar-refractivity contribution < 1.29 is 4.42 Å². The number of hydrogen-bond donors (Lipinski definition) is 0. The van der Waals surface area contributed by atoms with Crippen LogP contribution in [-0.4, -0.2) is 14.6 Å². The molecule has 0 aliphatic carbocycles. The van der Waals surface area contributed by atoms with Gasteiger partial charge < -0.3 is 4.42 Å². The Hall–Kier alpha value is -2.32. The Morgan fingerprint density at radius 2 is 2.12 bits per heavy atom. The molecule has 17 heavy (non-hydrogen) atoms. The summed E-state index contributed by atoms with van der Waals surface area (Å²) in [4.78, 5) is 0.